The smallest absolute Gasteiger partial charge is 0.287 e. The van der Waals surface area contributed by atoms with Gasteiger partial charge in [0.15, 0.2) is 0 Å². The molecule has 0 aliphatic carbocycles. The van der Waals surface area contributed by atoms with Gasteiger partial charge >= 0.3 is 0 Å². The van der Waals surface area contributed by atoms with Gasteiger partial charge in [-0.3, -0.25) is 9.59 Å². The van der Waals surface area contributed by atoms with Crippen LogP contribution in [0.2, 0.25) is 5.02 Å². The molecule has 37 heavy (non-hydrogen) atoms. The van der Waals surface area contributed by atoms with Crippen molar-refractivity contribution in [1.82, 2.24) is 10.7 Å². The van der Waals surface area contributed by atoms with E-state index in [1.165, 1.54) is 17.6 Å². The molecule has 3 aromatic rings. The summed E-state index contributed by atoms with van der Waals surface area (Å²) in [5.74, 6) is -0.823. The van der Waals surface area contributed by atoms with Gasteiger partial charge in [-0.1, -0.05) is 71.3 Å². The number of carbonyl (C=O) groups excluding carboxylic acids is 2. The van der Waals surface area contributed by atoms with Crippen LogP contribution in [0.5, 0.6) is 5.75 Å². The van der Waals surface area contributed by atoms with E-state index < -0.39 is 11.8 Å². The maximum absolute atomic E-state index is 13.0. The maximum Gasteiger partial charge on any atom is 0.287 e. The Labute approximate surface area is 227 Å². The van der Waals surface area contributed by atoms with Crippen LogP contribution < -0.4 is 10.7 Å². The van der Waals surface area contributed by atoms with Crippen LogP contribution in [0.25, 0.3) is 6.08 Å². The van der Waals surface area contributed by atoms with Gasteiger partial charge in [0.2, 0.25) is 0 Å². The third-order valence-corrected chi connectivity index (χ3v) is 6.72. The van der Waals surface area contributed by atoms with Crippen LogP contribution >= 0.6 is 22.9 Å². The Hall–Kier alpha value is -3.42. The van der Waals surface area contributed by atoms with Crippen LogP contribution in [0.4, 0.5) is 0 Å². The minimum Gasteiger partial charge on any atom is -0.507 e. The lowest BCUT2D eigenvalue weighted by molar-refractivity contribution is -0.117. The molecule has 0 saturated heterocycles. The van der Waals surface area contributed by atoms with E-state index in [4.69, 9.17) is 11.6 Å². The summed E-state index contributed by atoms with van der Waals surface area (Å²) in [7, 11) is 0. The van der Waals surface area contributed by atoms with Crippen LogP contribution in [-0.4, -0.2) is 23.1 Å². The van der Waals surface area contributed by atoms with Crippen molar-refractivity contribution in [1.29, 1.82) is 0 Å². The van der Waals surface area contributed by atoms with Crippen molar-refractivity contribution in [3.63, 3.8) is 0 Å². The molecule has 0 unspecified atom stereocenters. The van der Waals surface area contributed by atoms with Gasteiger partial charge in [0, 0.05) is 16.0 Å². The van der Waals surface area contributed by atoms with E-state index in [0.717, 1.165) is 21.6 Å². The Morgan fingerprint density at radius 1 is 0.973 bits per heavy atom. The number of hydrogen-bond donors (Lipinski definition) is 3. The van der Waals surface area contributed by atoms with E-state index >= 15 is 0 Å². The zero-order valence-corrected chi connectivity index (χ0v) is 23.4. The van der Waals surface area contributed by atoms with Gasteiger partial charge in [-0.05, 0) is 58.2 Å². The van der Waals surface area contributed by atoms with Gasteiger partial charge < -0.3 is 10.4 Å². The lowest BCUT2D eigenvalue weighted by atomic mass is 9.78. The summed E-state index contributed by atoms with van der Waals surface area (Å²) in [6, 6.07) is 14.0. The number of benzene rings is 2. The fourth-order valence-corrected chi connectivity index (χ4v) is 4.49. The highest BCUT2D eigenvalue weighted by Crippen LogP contribution is 2.39. The number of nitrogens with one attached hydrogen (secondary N) is 2. The summed E-state index contributed by atoms with van der Waals surface area (Å²) in [5, 5.41) is 19.9. The van der Waals surface area contributed by atoms with Crippen LogP contribution in [0.15, 0.2) is 64.7 Å². The number of nitrogens with zero attached hydrogens (tertiary/aromatic N) is 1. The third-order valence-electron chi connectivity index (χ3n) is 5.57. The maximum atomic E-state index is 13.0. The number of hydrazone groups is 1. The summed E-state index contributed by atoms with van der Waals surface area (Å²) in [5.41, 5.74) is 4.51. The molecule has 0 radical (unpaired) electrons. The Morgan fingerprint density at radius 2 is 1.59 bits per heavy atom. The number of thiophene rings is 1. The quantitative estimate of drug-likeness (QED) is 0.187. The Morgan fingerprint density at radius 3 is 2.14 bits per heavy atom. The van der Waals surface area contributed by atoms with Crippen LogP contribution in [0, 0.1) is 0 Å². The zero-order chi connectivity index (χ0) is 27.4. The topological polar surface area (TPSA) is 90.8 Å². The highest BCUT2D eigenvalue weighted by atomic mass is 35.5. The number of hydrogen-bond acceptors (Lipinski definition) is 5. The van der Waals surface area contributed by atoms with Crippen molar-refractivity contribution < 1.29 is 14.7 Å². The third kappa shape index (κ3) is 7.31. The molecule has 0 fully saturated rings. The molecule has 2 amide bonds. The number of rotatable bonds is 6. The van der Waals surface area contributed by atoms with E-state index in [1.807, 2.05) is 71.2 Å². The normalized spacial score (nSPS) is 12.6. The summed E-state index contributed by atoms with van der Waals surface area (Å²) < 4.78 is 0. The Kier molecular flexibility index (Phi) is 8.61. The molecule has 0 saturated carbocycles. The number of carbonyl (C=O) groups is 2. The molecule has 3 N–H and O–H groups in total. The monoisotopic (exact) mass is 537 g/mol. The molecule has 0 aliphatic rings. The summed E-state index contributed by atoms with van der Waals surface area (Å²) in [6.45, 7) is 12.2. The first-order valence-corrected chi connectivity index (χ1v) is 13.1. The molecule has 3 rings (SSSR count). The van der Waals surface area contributed by atoms with Crippen LogP contribution in [0.1, 0.15) is 73.5 Å². The second kappa shape index (κ2) is 11.3. The van der Waals surface area contributed by atoms with Gasteiger partial charge in [-0.15, -0.1) is 11.3 Å². The fraction of sp³-hybridized carbons (Fsp3) is 0.276. The number of amides is 2. The molecule has 0 spiro atoms. The molecule has 0 aliphatic heterocycles. The average molecular weight is 538 g/mol. The van der Waals surface area contributed by atoms with Crippen molar-refractivity contribution in [2.45, 2.75) is 52.4 Å². The molecule has 0 atom stereocenters. The predicted molar refractivity (Wildman–Crippen MR) is 152 cm³/mol. The lowest BCUT2D eigenvalue weighted by Gasteiger charge is -2.27. The van der Waals surface area contributed by atoms with E-state index in [1.54, 1.807) is 30.3 Å². The van der Waals surface area contributed by atoms with Crippen molar-refractivity contribution in [2.24, 2.45) is 5.10 Å². The van der Waals surface area contributed by atoms with E-state index in [2.05, 4.69) is 15.8 Å². The van der Waals surface area contributed by atoms with Gasteiger partial charge in [-0.2, -0.15) is 5.10 Å². The minimum absolute atomic E-state index is 0.0287. The fourth-order valence-electron chi connectivity index (χ4n) is 3.61. The van der Waals surface area contributed by atoms with Gasteiger partial charge in [0.05, 0.1) is 16.8 Å². The van der Waals surface area contributed by atoms with Crippen molar-refractivity contribution >= 4 is 47.0 Å². The number of phenolic OH excluding ortho intramolecular Hbond substituents is 1. The molecule has 2 aromatic carbocycles. The molecular formula is C29H32ClN3O3S. The van der Waals surface area contributed by atoms with Crippen molar-refractivity contribution in [3.8, 4) is 5.75 Å². The van der Waals surface area contributed by atoms with E-state index in [9.17, 15) is 14.7 Å². The molecule has 8 heteroatoms. The second-order valence-electron chi connectivity index (χ2n) is 10.7. The predicted octanol–water partition coefficient (Wildman–Crippen LogP) is 6.62. The standard InChI is InChI=1S/C29H32ClN3O3S/c1-28(2,3)21-14-18(15-22(25(21)34)29(4,5)6)17-31-33-27(36)24(16-19-10-9-13-37-19)32-26(35)20-11-7-8-12-23(20)30/h7-17,34H,1-6H3,(H,32,35)(H,33,36)/b24-16-,31-17+. The molecular weight excluding hydrogens is 506 g/mol. The van der Waals surface area contributed by atoms with Gasteiger partial charge in [0.1, 0.15) is 11.4 Å². The molecule has 1 aromatic heterocycles. The molecule has 6 nitrogen and oxygen atoms in total. The second-order valence-corrected chi connectivity index (χ2v) is 12.1. The first kappa shape index (κ1) is 28.2. The summed E-state index contributed by atoms with van der Waals surface area (Å²) in [6.07, 6.45) is 3.11. The first-order valence-electron chi connectivity index (χ1n) is 11.8. The molecule has 194 valence electrons. The Bertz CT molecular complexity index is 1310. The number of halogens is 1. The summed E-state index contributed by atoms with van der Waals surface area (Å²) in [4.78, 5) is 26.7. The highest BCUT2D eigenvalue weighted by molar-refractivity contribution is 7.10. The zero-order valence-electron chi connectivity index (χ0n) is 21.8. The molecule has 0 bridgehead atoms. The highest BCUT2D eigenvalue weighted by Gasteiger charge is 2.26. The van der Waals surface area contributed by atoms with Crippen LogP contribution in [0.3, 0.4) is 0 Å². The van der Waals surface area contributed by atoms with Crippen molar-refractivity contribution in [3.05, 3.63) is 91.8 Å². The van der Waals surface area contributed by atoms with Gasteiger partial charge in [-0.25, -0.2) is 5.43 Å². The lowest BCUT2D eigenvalue weighted by Crippen LogP contribution is -2.33. The Balaban J connectivity index is 1.88. The number of phenols is 1. The van der Waals surface area contributed by atoms with E-state index in [-0.39, 0.29) is 32.9 Å². The summed E-state index contributed by atoms with van der Waals surface area (Å²) >= 11 is 7.59. The minimum atomic E-state index is -0.587. The van der Waals surface area contributed by atoms with Gasteiger partial charge in [0.25, 0.3) is 11.8 Å². The van der Waals surface area contributed by atoms with E-state index in [0.29, 0.717) is 0 Å². The van der Waals surface area contributed by atoms with Crippen molar-refractivity contribution in [2.75, 3.05) is 0 Å². The SMILES string of the molecule is CC(C)(C)c1cc(/C=N/NC(=O)/C(=C/c2cccs2)NC(=O)c2ccccc2Cl)cc(C(C)(C)C)c1O. The molecule has 1 heterocycles. The number of aromatic hydroxyl groups is 1. The largest absolute Gasteiger partial charge is 0.507 e. The average Bonchev–Trinajstić information content (AvgIpc) is 3.31. The first-order chi connectivity index (χ1) is 17.3. The van der Waals surface area contributed by atoms with Crippen LogP contribution in [-0.2, 0) is 15.6 Å².